The van der Waals surface area contributed by atoms with Gasteiger partial charge in [0.2, 0.25) is 0 Å². The minimum Gasteiger partial charge on any atom is -0.298 e. The van der Waals surface area contributed by atoms with E-state index >= 15 is 0 Å². The van der Waals surface area contributed by atoms with Gasteiger partial charge < -0.3 is 0 Å². The quantitative estimate of drug-likeness (QED) is 0.289. The van der Waals surface area contributed by atoms with Crippen LogP contribution in [0.1, 0.15) is 10.4 Å². The molecule has 0 saturated carbocycles. The fourth-order valence-corrected chi connectivity index (χ4v) is 4.00. The highest BCUT2D eigenvalue weighted by molar-refractivity contribution is 7.19. The van der Waals surface area contributed by atoms with Gasteiger partial charge in [-0.15, -0.1) is 0 Å². The second kappa shape index (κ2) is 8.93. The summed E-state index contributed by atoms with van der Waals surface area (Å²) in [6.45, 7) is 0. The fourth-order valence-electron chi connectivity index (χ4n) is 3.01. The molecular formula is C22H13FN4O5S. The van der Waals surface area contributed by atoms with Gasteiger partial charge in [0.05, 0.1) is 20.4 Å². The lowest BCUT2D eigenvalue weighted by atomic mass is 10.1. The van der Waals surface area contributed by atoms with Crippen LogP contribution in [-0.4, -0.2) is 20.7 Å². The number of hydrogen-bond acceptors (Lipinski definition) is 7. The number of nitrogens with one attached hydrogen (secondary N) is 1. The molecule has 0 atom stereocenters. The number of hydrogen-bond donors (Lipinski definition) is 1. The zero-order valence-corrected chi connectivity index (χ0v) is 17.4. The third kappa shape index (κ3) is 4.72. The highest BCUT2D eigenvalue weighted by Gasteiger charge is 2.18. The van der Waals surface area contributed by atoms with Crippen LogP contribution < -0.4 is 5.32 Å². The lowest BCUT2D eigenvalue weighted by molar-refractivity contribution is -0.385. The summed E-state index contributed by atoms with van der Waals surface area (Å²) in [5.41, 5.74) is 1.69. The van der Waals surface area contributed by atoms with E-state index in [9.17, 15) is 29.4 Å². The maximum atomic E-state index is 13.4. The predicted molar refractivity (Wildman–Crippen MR) is 121 cm³/mol. The first-order valence-electron chi connectivity index (χ1n) is 9.39. The molecule has 4 aromatic rings. The van der Waals surface area contributed by atoms with Crippen molar-refractivity contribution in [3.05, 3.63) is 104 Å². The molecule has 1 N–H and O–H groups in total. The molecule has 0 aliphatic heterocycles. The van der Waals surface area contributed by atoms with Gasteiger partial charge in [-0.25, -0.2) is 9.37 Å². The lowest BCUT2D eigenvalue weighted by Crippen LogP contribution is -2.11. The summed E-state index contributed by atoms with van der Waals surface area (Å²) in [4.78, 5) is 38.4. The smallest absolute Gasteiger partial charge is 0.269 e. The molecule has 33 heavy (non-hydrogen) atoms. The average molecular weight is 464 g/mol. The maximum Gasteiger partial charge on any atom is 0.269 e. The number of aromatic nitrogens is 1. The van der Waals surface area contributed by atoms with Crippen LogP contribution in [0.15, 0.2) is 72.8 Å². The van der Waals surface area contributed by atoms with Crippen molar-refractivity contribution in [1.82, 2.24) is 4.98 Å². The van der Waals surface area contributed by atoms with Gasteiger partial charge in [0.15, 0.2) is 5.13 Å². The van der Waals surface area contributed by atoms with Gasteiger partial charge in [0, 0.05) is 35.4 Å². The van der Waals surface area contributed by atoms with Crippen LogP contribution in [0.4, 0.5) is 20.9 Å². The summed E-state index contributed by atoms with van der Waals surface area (Å²) in [7, 11) is 0. The van der Waals surface area contributed by atoms with Crippen LogP contribution in [0.3, 0.4) is 0 Å². The number of anilines is 1. The zero-order valence-electron chi connectivity index (χ0n) is 16.6. The van der Waals surface area contributed by atoms with E-state index in [2.05, 4.69) is 10.3 Å². The number of nitro groups is 2. The molecule has 4 rings (SSSR count). The van der Waals surface area contributed by atoms with Crippen molar-refractivity contribution in [1.29, 1.82) is 0 Å². The molecule has 1 aromatic heterocycles. The molecule has 164 valence electrons. The van der Waals surface area contributed by atoms with Crippen molar-refractivity contribution in [3.8, 4) is 21.7 Å². The SMILES string of the molecule is O=C(Nc1nc(-c2ccc(F)cc2)c(-c2ccc([N+](=O)[O-])cc2)s1)c1ccc([N+](=O)[O-])cc1. The third-order valence-electron chi connectivity index (χ3n) is 4.65. The van der Waals surface area contributed by atoms with E-state index in [1.165, 1.54) is 48.5 Å². The van der Waals surface area contributed by atoms with Crippen molar-refractivity contribution in [3.63, 3.8) is 0 Å². The van der Waals surface area contributed by atoms with E-state index < -0.39 is 21.6 Å². The van der Waals surface area contributed by atoms with Gasteiger partial charge in [-0.2, -0.15) is 0 Å². The van der Waals surface area contributed by atoms with Crippen molar-refractivity contribution >= 4 is 33.8 Å². The second-order valence-corrected chi connectivity index (χ2v) is 7.76. The molecule has 1 heterocycles. The molecule has 11 heteroatoms. The van der Waals surface area contributed by atoms with Crippen LogP contribution in [-0.2, 0) is 0 Å². The number of nitrogens with zero attached hydrogens (tertiary/aromatic N) is 3. The van der Waals surface area contributed by atoms with Crippen LogP contribution in [0.25, 0.3) is 21.7 Å². The standard InChI is InChI=1S/C22H13FN4O5S/c23-16-7-1-13(2-8-16)19-20(14-3-9-17(10-4-14)26(29)30)33-22(24-19)25-21(28)15-5-11-18(12-6-15)27(31)32/h1-12H,(H,24,25,28). The van der Waals surface area contributed by atoms with Crippen molar-refractivity contribution in [2.75, 3.05) is 5.32 Å². The number of non-ortho nitro benzene ring substituents is 2. The number of amides is 1. The summed E-state index contributed by atoms with van der Waals surface area (Å²) in [5, 5.41) is 24.7. The number of halogens is 1. The Bertz CT molecular complexity index is 1350. The van der Waals surface area contributed by atoms with Crippen molar-refractivity contribution in [2.45, 2.75) is 0 Å². The van der Waals surface area contributed by atoms with Crippen LogP contribution in [0.5, 0.6) is 0 Å². The highest BCUT2D eigenvalue weighted by atomic mass is 32.1. The molecular weight excluding hydrogens is 451 g/mol. The van der Waals surface area contributed by atoms with Crippen LogP contribution >= 0.6 is 11.3 Å². The first kappa shape index (κ1) is 21.7. The van der Waals surface area contributed by atoms with Gasteiger partial charge in [-0.3, -0.25) is 30.3 Å². The summed E-state index contributed by atoms with van der Waals surface area (Å²) >= 11 is 1.14. The molecule has 0 spiro atoms. The molecule has 0 radical (unpaired) electrons. The largest absolute Gasteiger partial charge is 0.298 e. The Hall–Kier alpha value is -4.51. The topological polar surface area (TPSA) is 128 Å². The Morgan fingerprint density at radius 1 is 0.818 bits per heavy atom. The number of thiazole rings is 1. The Labute approximate surface area is 189 Å². The maximum absolute atomic E-state index is 13.4. The van der Waals surface area contributed by atoms with E-state index in [4.69, 9.17) is 0 Å². The molecule has 0 unspecified atom stereocenters. The van der Waals surface area contributed by atoms with E-state index in [0.717, 1.165) is 11.3 Å². The molecule has 1 amide bonds. The van der Waals surface area contributed by atoms with Crippen molar-refractivity contribution < 1.29 is 19.0 Å². The number of benzene rings is 3. The monoisotopic (exact) mass is 464 g/mol. The van der Waals surface area contributed by atoms with Gasteiger partial charge in [0.25, 0.3) is 17.3 Å². The van der Waals surface area contributed by atoms with E-state index in [1.807, 2.05) is 0 Å². The summed E-state index contributed by atoms with van der Waals surface area (Å²) in [5.74, 6) is -0.933. The molecule has 0 fully saturated rings. The van der Waals surface area contributed by atoms with Gasteiger partial charge in [-0.1, -0.05) is 11.3 Å². The zero-order chi connectivity index (χ0) is 23.5. The number of carbonyl (C=O) groups excluding carboxylic acids is 1. The molecule has 0 aliphatic carbocycles. The Morgan fingerprint density at radius 3 is 1.88 bits per heavy atom. The summed E-state index contributed by atoms with van der Waals surface area (Å²) < 4.78 is 13.4. The number of rotatable bonds is 6. The van der Waals surface area contributed by atoms with Gasteiger partial charge in [0.1, 0.15) is 5.82 Å². The van der Waals surface area contributed by atoms with Gasteiger partial charge >= 0.3 is 0 Å². The summed E-state index contributed by atoms with van der Waals surface area (Å²) in [6, 6.07) is 16.6. The Kier molecular flexibility index (Phi) is 5.87. The fraction of sp³-hybridized carbons (Fsp3) is 0. The highest BCUT2D eigenvalue weighted by Crippen LogP contribution is 2.39. The summed E-state index contributed by atoms with van der Waals surface area (Å²) in [6.07, 6.45) is 0. The van der Waals surface area contributed by atoms with Crippen LogP contribution in [0, 0.1) is 26.0 Å². The van der Waals surface area contributed by atoms with Crippen molar-refractivity contribution in [2.24, 2.45) is 0 Å². The molecule has 9 nitrogen and oxygen atoms in total. The Balaban J connectivity index is 1.69. The third-order valence-corrected chi connectivity index (χ3v) is 5.67. The van der Waals surface area contributed by atoms with E-state index in [-0.39, 0.29) is 22.1 Å². The number of carbonyl (C=O) groups is 1. The van der Waals surface area contributed by atoms with E-state index in [1.54, 1.807) is 24.3 Å². The van der Waals surface area contributed by atoms with E-state index in [0.29, 0.717) is 21.7 Å². The van der Waals surface area contributed by atoms with Gasteiger partial charge in [-0.05, 0) is 54.1 Å². The first-order chi connectivity index (χ1) is 15.8. The first-order valence-corrected chi connectivity index (χ1v) is 10.2. The lowest BCUT2D eigenvalue weighted by Gasteiger charge is -2.03. The Morgan fingerprint density at radius 2 is 1.33 bits per heavy atom. The molecule has 0 saturated heterocycles. The molecule has 3 aromatic carbocycles. The number of nitro benzene ring substituents is 2. The minimum absolute atomic E-state index is 0.0710. The second-order valence-electron chi connectivity index (χ2n) is 6.77. The average Bonchev–Trinajstić information content (AvgIpc) is 3.23. The molecule has 0 aliphatic rings. The minimum atomic E-state index is -0.562. The predicted octanol–water partition coefficient (Wildman–Crippen LogP) is 5.68. The molecule has 0 bridgehead atoms. The normalized spacial score (nSPS) is 10.6. The van der Waals surface area contributed by atoms with Crippen LogP contribution in [0.2, 0.25) is 0 Å².